The number of aliphatic hydroxyl groups excluding tert-OH is 1. The van der Waals surface area contributed by atoms with Crippen LogP contribution in [0.15, 0.2) is 24.3 Å². The van der Waals surface area contributed by atoms with Gasteiger partial charge in [0.25, 0.3) is 0 Å². The fourth-order valence-corrected chi connectivity index (χ4v) is 2.75. The predicted molar refractivity (Wildman–Crippen MR) is 76.8 cm³/mol. The topological polar surface area (TPSA) is 33.9 Å². The Morgan fingerprint density at radius 2 is 1.89 bits per heavy atom. The van der Waals surface area contributed by atoms with Crippen molar-refractivity contribution in [3.8, 4) is 5.75 Å². The number of rotatable bonds is 6. The molecule has 0 amide bonds. The largest absolute Gasteiger partial charge is 0.490 e. The lowest BCUT2D eigenvalue weighted by Crippen LogP contribution is -3.11. The van der Waals surface area contributed by atoms with Crippen LogP contribution >= 0.6 is 0 Å². The molecule has 3 nitrogen and oxygen atoms in total. The first-order valence-electron chi connectivity index (χ1n) is 7.40. The van der Waals surface area contributed by atoms with Gasteiger partial charge in [-0.3, -0.25) is 0 Å². The van der Waals surface area contributed by atoms with Crippen molar-refractivity contribution in [2.45, 2.75) is 38.7 Å². The summed E-state index contributed by atoms with van der Waals surface area (Å²) in [5.74, 6) is 1.35. The number of para-hydroxylation sites is 1. The van der Waals surface area contributed by atoms with Crippen LogP contribution in [0.25, 0.3) is 0 Å². The molecule has 1 saturated heterocycles. The maximum Gasteiger partial charge on any atom is 0.137 e. The summed E-state index contributed by atoms with van der Waals surface area (Å²) < 4.78 is 5.81. The van der Waals surface area contributed by atoms with Crippen molar-refractivity contribution < 1.29 is 14.7 Å². The molecule has 106 valence electrons. The number of hydrogen-bond acceptors (Lipinski definition) is 2. The number of benzene rings is 1. The van der Waals surface area contributed by atoms with Crippen LogP contribution in [0, 0.1) is 0 Å². The van der Waals surface area contributed by atoms with Gasteiger partial charge in [0, 0.05) is 12.8 Å². The summed E-state index contributed by atoms with van der Waals surface area (Å²) in [6.07, 6.45) is 2.21. The zero-order chi connectivity index (χ0) is 13.7. The van der Waals surface area contributed by atoms with Gasteiger partial charge in [0.1, 0.15) is 25.0 Å². The van der Waals surface area contributed by atoms with Crippen LogP contribution < -0.4 is 9.64 Å². The third kappa shape index (κ3) is 4.22. The lowest BCUT2D eigenvalue weighted by Gasteiger charge is -2.19. The second-order valence-electron chi connectivity index (χ2n) is 5.82. The SMILES string of the molecule is CC(C)c1ccccc1OC[C@H](O)C[NH+]1CCCC1. The van der Waals surface area contributed by atoms with Gasteiger partial charge in [-0.2, -0.15) is 0 Å². The molecule has 1 heterocycles. The van der Waals surface area contributed by atoms with Crippen molar-refractivity contribution in [2.24, 2.45) is 0 Å². The average molecular weight is 264 g/mol. The van der Waals surface area contributed by atoms with Crippen LogP contribution in [0.4, 0.5) is 0 Å². The van der Waals surface area contributed by atoms with E-state index in [1.54, 1.807) is 0 Å². The van der Waals surface area contributed by atoms with Crippen LogP contribution in [0.2, 0.25) is 0 Å². The molecule has 1 aromatic carbocycles. The molecule has 1 aliphatic heterocycles. The summed E-state index contributed by atoms with van der Waals surface area (Å²) in [4.78, 5) is 1.51. The third-order valence-corrected chi connectivity index (χ3v) is 3.81. The van der Waals surface area contributed by atoms with Crippen molar-refractivity contribution in [3.05, 3.63) is 29.8 Å². The molecule has 0 bridgehead atoms. The lowest BCUT2D eigenvalue weighted by atomic mass is 10.0. The molecule has 3 heteroatoms. The minimum Gasteiger partial charge on any atom is -0.490 e. The Morgan fingerprint density at radius 3 is 2.58 bits per heavy atom. The van der Waals surface area contributed by atoms with E-state index in [0.717, 1.165) is 12.3 Å². The van der Waals surface area contributed by atoms with E-state index in [1.165, 1.54) is 36.4 Å². The monoisotopic (exact) mass is 264 g/mol. The van der Waals surface area contributed by atoms with Crippen molar-refractivity contribution >= 4 is 0 Å². The van der Waals surface area contributed by atoms with Gasteiger partial charge in [0.15, 0.2) is 0 Å². The first-order valence-corrected chi connectivity index (χ1v) is 7.40. The molecule has 0 unspecified atom stereocenters. The molecular formula is C16H26NO2+. The molecule has 2 N–H and O–H groups in total. The summed E-state index contributed by atoms with van der Waals surface area (Å²) >= 11 is 0. The lowest BCUT2D eigenvalue weighted by molar-refractivity contribution is -0.890. The van der Waals surface area contributed by atoms with E-state index in [2.05, 4.69) is 19.9 Å². The zero-order valence-electron chi connectivity index (χ0n) is 12.1. The van der Waals surface area contributed by atoms with Crippen molar-refractivity contribution in [2.75, 3.05) is 26.2 Å². The van der Waals surface area contributed by atoms with Gasteiger partial charge >= 0.3 is 0 Å². The Morgan fingerprint density at radius 1 is 1.21 bits per heavy atom. The van der Waals surface area contributed by atoms with E-state index >= 15 is 0 Å². The van der Waals surface area contributed by atoms with Gasteiger partial charge in [-0.1, -0.05) is 32.0 Å². The normalized spacial score (nSPS) is 17.9. The van der Waals surface area contributed by atoms with Crippen molar-refractivity contribution in [1.29, 1.82) is 0 Å². The molecule has 0 saturated carbocycles. The molecule has 0 radical (unpaired) electrons. The minimum absolute atomic E-state index is 0.367. The molecule has 1 atom stereocenters. The highest BCUT2D eigenvalue weighted by atomic mass is 16.5. The Kier molecular flexibility index (Phi) is 5.23. The number of ether oxygens (including phenoxy) is 1. The fraction of sp³-hybridized carbons (Fsp3) is 0.625. The smallest absolute Gasteiger partial charge is 0.137 e. The van der Waals surface area contributed by atoms with Crippen LogP contribution in [0.3, 0.4) is 0 Å². The molecule has 0 aliphatic carbocycles. The Hall–Kier alpha value is -1.06. The van der Waals surface area contributed by atoms with E-state index in [0.29, 0.717) is 12.5 Å². The molecule has 19 heavy (non-hydrogen) atoms. The maximum absolute atomic E-state index is 10.1. The average Bonchev–Trinajstić information content (AvgIpc) is 2.89. The summed E-state index contributed by atoms with van der Waals surface area (Å²) in [5, 5.41) is 10.1. The van der Waals surface area contributed by atoms with Gasteiger partial charge in [0.05, 0.1) is 13.1 Å². The van der Waals surface area contributed by atoms with Gasteiger partial charge in [-0.15, -0.1) is 0 Å². The standard InChI is InChI=1S/C16H25NO2/c1-13(2)15-7-3-4-8-16(15)19-12-14(18)11-17-9-5-6-10-17/h3-4,7-8,13-14,18H,5-6,9-12H2,1-2H3/p+1/t14-/m1/s1. The van der Waals surface area contributed by atoms with Crippen molar-refractivity contribution in [1.82, 2.24) is 0 Å². The number of nitrogens with one attached hydrogen (secondary N) is 1. The van der Waals surface area contributed by atoms with E-state index in [1.807, 2.05) is 18.2 Å². The van der Waals surface area contributed by atoms with Crippen LogP contribution in [0.1, 0.15) is 38.2 Å². The molecule has 1 aromatic rings. The first-order chi connectivity index (χ1) is 9.16. The predicted octanol–water partition coefficient (Wildman–Crippen LogP) is 1.23. The quantitative estimate of drug-likeness (QED) is 0.810. The van der Waals surface area contributed by atoms with E-state index in [9.17, 15) is 5.11 Å². The van der Waals surface area contributed by atoms with E-state index in [4.69, 9.17) is 4.74 Å². The molecule has 2 rings (SSSR count). The molecular weight excluding hydrogens is 238 g/mol. The summed E-state index contributed by atoms with van der Waals surface area (Å²) in [7, 11) is 0. The van der Waals surface area contributed by atoms with Crippen LogP contribution in [-0.4, -0.2) is 37.5 Å². The highest BCUT2D eigenvalue weighted by Crippen LogP contribution is 2.25. The number of quaternary nitrogens is 1. The summed E-state index contributed by atoms with van der Waals surface area (Å²) in [6, 6.07) is 8.11. The summed E-state index contributed by atoms with van der Waals surface area (Å²) in [5.41, 5.74) is 1.21. The van der Waals surface area contributed by atoms with Crippen LogP contribution in [0.5, 0.6) is 5.75 Å². The fourth-order valence-electron chi connectivity index (χ4n) is 2.75. The highest BCUT2D eigenvalue weighted by Gasteiger charge is 2.20. The number of aliphatic hydroxyl groups is 1. The van der Waals surface area contributed by atoms with Gasteiger partial charge in [-0.05, 0) is 17.5 Å². The van der Waals surface area contributed by atoms with Gasteiger partial charge in [0.2, 0.25) is 0 Å². The first kappa shape index (κ1) is 14.4. The summed E-state index contributed by atoms with van der Waals surface area (Å²) in [6.45, 7) is 7.91. The van der Waals surface area contributed by atoms with Gasteiger partial charge < -0.3 is 14.7 Å². The number of likely N-dealkylation sites (tertiary alicyclic amines) is 1. The van der Waals surface area contributed by atoms with Gasteiger partial charge in [-0.25, -0.2) is 0 Å². The van der Waals surface area contributed by atoms with E-state index < -0.39 is 0 Å². The second kappa shape index (κ2) is 6.92. The second-order valence-corrected chi connectivity index (χ2v) is 5.82. The Labute approximate surface area is 116 Å². The molecule has 0 aromatic heterocycles. The maximum atomic E-state index is 10.1. The third-order valence-electron chi connectivity index (χ3n) is 3.81. The van der Waals surface area contributed by atoms with E-state index in [-0.39, 0.29) is 6.10 Å². The Balaban J connectivity index is 1.84. The molecule has 0 spiro atoms. The zero-order valence-corrected chi connectivity index (χ0v) is 12.1. The molecule has 1 aliphatic rings. The van der Waals surface area contributed by atoms with Crippen molar-refractivity contribution in [3.63, 3.8) is 0 Å². The number of hydrogen-bond donors (Lipinski definition) is 2. The molecule has 1 fully saturated rings. The van der Waals surface area contributed by atoms with Crippen LogP contribution in [-0.2, 0) is 0 Å². The Bertz CT molecular complexity index is 386. The highest BCUT2D eigenvalue weighted by molar-refractivity contribution is 5.35. The minimum atomic E-state index is -0.367.